The first-order valence-corrected chi connectivity index (χ1v) is 10.4. The molecule has 0 atom stereocenters. The van der Waals surface area contributed by atoms with Crippen molar-refractivity contribution in [3.8, 4) is 0 Å². The van der Waals surface area contributed by atoms with E-state index in [1.165, 1.54) is 0 Å². The van der Waals surface area contributed by atoms with Crippen LogP contribution in [0.25, 0.3) is 4.91 Å². The fraction of sp³-hybridized carbons (Fsp3) is 0.211. The Kier molecular flexibility index (Phi) is 5.20. The van der Waals surface area contributed by atoms with E-state index in [2.05, 4.69) is 25.6 Å². The minimum absolute atomic E-state index is 0.278. The summed E-state index contributed by atoms with van der Waals surface area (Å²) >= 11 is 3.39. The van der Waals surface area contributed by atoms with Gasteiger partial charge in [0, 0.05) is 29.8 Å². The number of hydrogen-bond donors (Lipinski definition) is 1. The number of halogens is 1. The van der Waals surface area contributed by atoms with Gasteiger partial charge in [-0.3, -0.25) is 9.71 Å². The molecule has 0 amide bonds. The third-order valence-corrected chi connectivity index (χ3v) is 6.19. The molecule has 0 bridgehead atoms. The Morgan fingerprint density at radius 1 is 1.12 bits per heavy atom. The predicted molar refractivity (Wildman–Crippen MR) is 111 cm³/mol. The Bertz CT molecular complexity index is 994. The Labute approximate surface area is 162 Å². The summed E-state index contributed by atoms with van der Waals surface area (Å²) in [4.78, 5) is 6.79. The van der Waals surface area contributed by atoms with Crippen LogP contribution in [0.5, 0.6) is 0 Å². The summed E-state index contributed by atoms with van der Waals surface area (Å²) in [5.74, 6) is 0.400. The first-order chi connectivity index (χ1) is 12.3. The van der Waals surface area contributed by atoms with Gasteiger partial charge in [0.15, 0.2) is 0 Å². The number of nitrogens with one attached hydrogen (secondary N) is 1. The minimum Gasteiger partial charge on any atom is -0.378 e. The molecule has 26 heavy (non-hydrogen) atoms. The summed E-state index contributed by atoms with van der Waals surface area (Å²) in [6.45, 7) is 2.19. The lowest BCUT2D eigenvalue weighted by atomic mass is 10.1. The standard InChI is InChI=1S/C19H20BrN3O2S/c1-13-18(15-5-4-6-16(20)11-15)26(24,25)22-19(13)21-12-14-7-9-17(10-8-14)23(2)3/h4-11H,12H2,1-3H3,(H,21,22). The maximum atomic E-state index is 12.6. The van der Waals surface area contributed by atoms with Crippen LogP contribution in [0.3, 0.4) is 0 Å². The lowest BCUT2D eigenvalue weighted by Gasteiger charge is -2.12. The molecule has 0 aliphatic carbocycles. The molecule has 1 heterocycles. The lowest BCUT2D eigenvalue weighted by molar-refractivity contribution is 0.603. The minimum atomic E-state index is -3.61. The molecule has 0 fully saturated rings. The highest BCUT2D eigenvalue weighted by molar-refractivity contribution is 9.10. The molecule has 0 saturated carbocycles. The number of aliphatic imine (C=N–C) groups is 1. The van der Waals surface area contributed by atoms with Gasteiger partial charge in [-0.15, -0.1) is 0 Å². The van der Waals surface area contributed by atoms with Crippen LogP contribution in [0.4, 0.5) is 5.69 Å². The maximum Gasteiger partial charge on any atom is 0.264 e. The summed E-state index contributed by atoms with van der Waals surface area (Å²) in [6.07, 6.45) is 0. The molecule has 0 saturated heterocycles. The molecule has 1 N–H and O–H groups in total. The van der Waals surface area contributed by atoms with E-state index in [4.69, 9.17) is 0 Å². The zero-order chi connectivity index (χ0) is 18.9. The van der Waals surface area contributed by atoms with Crippen molar-refractivity contribution in [1.29, 1.82) is 0 Å². The van der Waals surface area contributed by atoms with Crippen LogP contribution in [-0.2, 0) is 16.6 Å². The summed E-state index contributed by atoms with van der Waals surface area (Å²) < 4.78 is 28.5. The van der Waals surface area contributed by atoms with Crippen molar-refractivity contribution in [1.82, 2.24) is 4.72 Å². The summed E-state index contributed by atoms with van der Waals surface area (Å²) in [5.41, 5.74) is 3.40. The maximum absolute atomic E-state index is 12.6. The number of sulfonamides is 1. The van der Waals surface area contributed by atoms with E-state index in [1.807, 2.05) is 55.4 Å². The Hall–Kier alpha value is -2.12. The van der Waals surface area contributed by atoms with Crippen molar-refractivity contribution in [2.75, 3.05) is 19.0 Å². The largest absolute Gasteiger partial charge is 0.378 e. The normalized spacial score (nSPS) is 17.5. The molecule has 5 nitrogen and oxygen atoms in total. The zero-order valence-corrected chi connectivity index (χ0v) is 17.2. The molecule has 2 aromatic carbocycles. The van der Waals surface area contributed by atoms with Gasteiger partial charge in [0.1, 0.15) is 10.7 Å². The van der Waals surface area contributed by atoms with Crippen LogP contribution in [0, 0.1) is 0 Å². The van der Waals surface area contributed by atoms with Crippen molar-refractivity contribution < 1.29 is 8.42 Å². The molecule has 1 aliphatic heterocycles. The second-order valence-corrected chi connectivity index (χ2v) is 8.83. The molecule has 136 valence electrons. The van der Waals surface area contributed by atoms with Gasteiger partial charge < -0.3 is 4.90 Å². The summed E-state index contributed by atoms with van der Waals surface area (Å²) in [7, 11) is 0.366. The molecule has 0 aromatic heterocycles. The molecule has 7 heteroatoms. The van der Waals surface area contributed by atoms with Gasteiger partial charge in [0.05, 0.1) is 6.54 Å². The number of hydrogen-bond acceptors (Lipinski definition) is 4. The Morgan fingerprint density at radius 2 is 1.81 bits per heavy atom. The van der Waals surface area contributed by atoms with Crippen molar-refractivity contribution in [3.05, 3.63) is 69.7 Å². The quantitative estimate of drug-likeness (QED) is 0.797. The van der Waals surface area contributed by atoms with Gasteiger partial charge in [0.25, 0.3) is 10.0 Å². The first kappa shape index (κ1) is 18.7. The molecule has 0 unspecified atom stereocenters. The highest BCUT2D eigenvalue weighted by Crippen LogP contribution is 2.31. The van der Waals surface area contributed by atoms with E-state index < -0.39 is 10.0 Å². The van der Waals surface area contributed by atoms with E-state index in [0.717, 1.165) is 15.7 Å². The van der Waals surface area contributed by atoms with Crippen LogP contribution in [0.1, 0.15) is 18.1 Å². The van der Waals surface area contributed by atoms with Crippen LogP contribution in [0.2, 0.25) is 0 Å². The Morgan fingerprint density at radius 3 is 2.42 bits per heavy atom. The second kappa shape index (κ2) is 7.25. The topological polar surface area (TPSA) is 61.8 Å². The molecule has 1 aliphatic rings. The van der Waals surface area contributed by atoms with E-state index in [0.29, 0.717) is 23.5 Å². The lowest BCUT2D eigenvalue weighted by Crippen LogP contribution is -2.23. The Balaban J connectivity index is 1.90. The van der Waals surface area contributed by atoms with Gasteiger partial charge >= 0.3 is 0 Å². The highest BCUT2D eigenvalue weighted by atomic mass is 79.9. The predicted octanol–water partition coefficient (Wildman–Crippen LogP) is 3.78. The molecule has 0 radical (unpaired) electrons. The molecule has 0 spiro atoms. The number of benzene rings is 2. The van der Waals surface area contributed by atoms with E-state index >= 15 is 0 Å². The number of amidine groups is 1. The second-order valence-electron chi connectivity index (χ2n) is 6.30. The van der Waals surface area contributed by atoms with Crippen LogP contribution in [-0.4, -0.2) is 28.3 Å². The van der Waals surface area contributed by atoms with Crippen LogP contribution in [0.15, 0.2) is 63.6 Å². The van der Waals surface area contributed by atoms with Crippen LogP contribution >= 0.6 is 15.9 Å². The fourth-order valence-corrected chi connectivity index (χ4v) is 4.70. The van der Waals surface area contributed by atoms with Gasteiger partial charge in [-0.25, -0.2) is 8.42 Å². The third-order valence-electron chi connectivity index (χ3n) is 4.15. The van der Waals surface area contributed by atoms with E-state index in [9.17, 15) is 8.42 Å². The average Bonchev–Trinajstić information content (AvgIpc) is 2.82. The van der Waals surface area contributed by atoms with E-state index in [1.54, 1.807) is 19.1 Å². The fourth-order valence-electron chi connectivity index (χ4n) is 2.79. The SMILES string of the molecule is CC1=C(c2cccc(Br)c2)S(=O)(=O)NC1=NCc1ccc(N(C)C)cc1. The molecular weight excluding hydrogens is 414 g/mol. The highest BCUT2D eigenvalue weighted by Gasteiger charge is 2.32. The zero-order valence-electron chi connectivity index (χ0n) is 14.8. The summed E-state index contributed by atoms with van der Waals surface area (Å²) in [6, 6.07) is 15.3. The van der Waals surface area contributed by atoms with Crippen molar-refractivity contribution >= 4 is 42.4 Å². The van der Waals surface area contributed by atoms with Crippen LogP contribution < -0.4 is 9.62 Å². The molecule has 2 aromatic rings. The molecular formula is C19H20BrN3O2S. The van der Waals surface area contributed by atoms with Gasteiger partial charge in [-0.05, 0) is 42.3 Å². The average molecular weight is 434 g/mol. The van der Waals surface area contributed by atoms with E-state index in [-0.39, 0.29) is 4.91 Å². The third kappa shape index (κ3) is 3.83. The first-order valence-electron chi connectivity index (χ1n) is 8.08. The van der Waals surface area contributed by atoms with Gasteiger partial charge in [0.2, 0.25) is 0 Å². The monoisotopic (exact) mass is 433 g/mol. The van der Waals surface area contributed by atoms with Crippen molar-refractivity contribution in [2.45, 2.75) is 13.5 Å². The van der Waals surface area contributed by atoms with Gasteiger partial charge in [-0.2, -0.15) is 0 Å². The summed E-state index contributed by atoms with van der Waals surface area (Å²) in [5, 5.41) is 0. The van der Waals surface area contributed by atoms with Crippen molar-refractivity contribution in [2.24, 2.45) is 4.99 Å². The van der Waals surface area contributed by atoms with Crippen molar-refractivity contribution in [3.63, 3.8) is 0 Å². The number of nitrogens with zero attached hydrogens (tertiary/aromatic N) is 2. The smallest absolute Gasteiger partial charge is 0.264 e. The van der Waals surface area contributed by atoms with Gasteiger partial charge in [-0.1, -0.05) is 40.2 Å². The molecule has 3 rings (SSSR count). The number of rotatable bonds is 4. The number of anilines is 1.